The molecule has 0 radical (unpaired) electrons. The first-order chi connectivity index (χ1) is 25.4. The molecule has 0 aromatic heterocycles. The second-order valence-corrected chi connectivity index (χ2v) is 15.1. The van der Waals surface area contributed by atoms with Crippen molar-refractivity contribution >= 4 is 29.1 Å². The molecule has 276 valence electrons. The van der Waals surface area contributed by atoms with E-state index in [1.807, 2.05) is 66.7 Å². The van der Waals surface area contributed by atoms with Crippen molar-refractivity contribution in [2.45, 2.75) is 80.3 Å². The lowest BCUT2D eigenvalue weighted by Crippen LogP contribution is -2.64. The summed E-state index contributed by atoms with van der Waals surface area (Å²) in [6.07, 6.45) is 9.46. The number of allylic oxidation sites excluding steroid dienone is 1. The zero-order chi connectivity index (χ0) is 36.5. The van der Waals surface area contributed by atoms with Gasteiger partial charge in [-0.15, -0.1) is 18.3 Å². The fourth-order valence-electron chi connectivity index (χ4n) is 8.18. The van der Waals surface area contributed by atoms with Crippen LogP contribution in [0.4, 0.5) is 5.69 Å². The highest BCUT2D eigenvalue weighted by Crippen LogP contribution is 2.63. The minimum absolute atomic E-state index is 0.108. The number of amides is 1. The second kappa shape index (κ2) is 17.6. The molecule has 0 bridgehead atoms. The van der Waals surface area contributed by atoms with Crippen molar-refractivity contribution in [1.29, 1.82) is 0 Å². The summed E-state index contributed by atoms with van der Waals surface area (Å²) in [5.74, 6) is -0.546. The first kappa shape index (κ1) is 37.7. The number of carbonyl (C=O) groups excluding carboxylic acids is 1. The van der Waals surface area contributed by atoms with E-state index in [0.717, 1.165) is 53.0 Å². The number of rotatable bonds is 17. The Bertz CT molecular complexity index is 1730. The number of phenolic OH excluding ortho intramolecular Hbond substituents is 1. The Morgan fingerprint density at radius 3 is 2.50 bits per heavy atom. The normalized spacial score (nSPS) is 25.3. The number of thioether (sulfide) groups is 1. The van der Waals surface area contributed by atoms with Crippen LogP contribution < -0.4 is 10.1 Å². The van der Waals surface area contributed by atoms with E-state index in [0.29, 0.717) is 37.3 Å². The molecule has 2 aliphatic carbocycles. The molecule has 10 heteroatoms. The second-order valence-electron chi connectivity index (χ2n) is 13.9. The summed E-state index contributed by atoms with van der Waals surface area (Å²) in [5.41, 5.74) is 4.53. The van der Waals surface area contributed by atoms with Gasteiger partial charge in [0.05, 0.1) is 23.5 Å². The Labute approximate surface area is 310 Å². The van der Waals surface area contributed by atoms with Gasteiger partial charge >= 0.3 is 0 Å². The van der Waals surface area contributed by atoms with Gasteiger partial charge < -0.3 is 34.9 Å². The van der Waals surface area contributed by atoms with Gasteiger partial charge in [0.2, 0.25) is 11.7 Å². The van der Waals surface area contributed by atoms with Crippen LogP contribution in [0.15, 0.2) is 107 Å². The number of anilines is 1. The van der Waals surface area contributed by atoms with Crippen molar-refractivity contribution in [1.82, 2.24) is 0 Å². The first-order valence-electron chi connectivity index (χ1n) is 18.3. The van der Waals surface area contributed by atoms with Crippen molar-refractivity contribution < 1.29 is 34.4 Å². The maximum absolute atomic E-state index is 11.7. The number of nitrogens with one attached hydrogen (secondary N) is 1. The quantitative estimate of drug-likeness (QED) is 0.0626. The van der Waals surface area contributed by atoms with E-state index in [4.69, 9.17) is 19.5 Å². The van der Waals surface area contributed by atoms with Crippen LogP contribution in [0, 0.1) is 17.8 Å². The fourth-order valence-corrected chi connectivity index (χ4v) is 9.47. The van der Waals surface area contributed by atoms with E-state index in [9.17, 15) is 20.1 Å². The van der Waals surface area contributed by atoms with Crippen LogP contribution in [-0.4, -0.2) is 57.8 Å². The maximum Gasteiger partial charge on any atom is 0.231 e. The summed E-state index contributed by atoms with van der Waals surface area (Å²) < 4.78 is 14.1. The van der Waals surface area contributed by atoms with E-state index in [2.05, 4.69) is 18.0 Å². The average Bonchev–Trinajstić information content (AvgIpc) is 3.14. The fraction of sp³-hybridized carbons (Fsp3) is 0.429. The SMILES string of the molecule is C=CCO[C@@]12Oc3ccc(O)cc3[C@H]3[C@H](CCCCO)[C@@H](CCCCO)C=C(C(=NOCc4ccccc4)C[C@@H]1Sc1ccc(NC(C)=O)cc1)[C@H]32. The Hall–Kier alpha value is -4.09. The molecule has 1 amide bonds. The van der Waals surface area contributed by atoms with E-state index < -0.39 is 5.79 Å². The molecule has 6 rings (SSSR count). The van der Waals surface area contributed by atoms with Crippen LogP contribution in [0.1, 0.15) is 68.9 Å². The van der Waals surface area contributed by atoms with Crippen LogP contribution in [-0.2, 0) is 21.0 Å². The summed E-state index contributed by atoms with van der Waals surface area (Å²) >= 11 is 1.65. The number of ether oxygens (including phenoxy) is 2. The zero-order valence-electron chi connectivity index (χ0n) is 29.8. The van der Waals surface area contributed by atoms with Gasteiger partial charge in [0.15, 0.2) is 0 Å². The highest BCUT2D eigenvalue weighted by molar-refractivity contribution is 8.00. The van der Waals surface area contributed by atoms with Crippen LogP contribution in [0.3, 0.4) is 0 Å². The van der Waals surface area contributed by atoms with Gasteiger partial charge in [0.25, 0.3) is 0 Å². The zero-order valence-corrected chi connectivity index (χ0v) is 30.6. The third kappa shape index (κ3) is 8.41. The van der Waals surface area contributed by atoms with E-state index in [1.54, 1.807) is 23.9 Å². The summed E-state index contributed by atoms with van der Waals surface area (Å²) in [5, 5.41) is 37.8. The number of oxime groups is 1. The van der Waals surface area contributed by atoms with Crippen molar-refractivity contribution in [2.24, 2.45) is 22.9 Å². The number of phenols is 1. The highest BCUT2D eigenvalue weighted by atomic mass is 32.2. The molecular weight excluding hydrogens is 677 g/mol. The number of aliphatic hydroxyl groups is 2. The van der Waals surface area contributed by atoms with E-state index in [1.165, 1.54) is 6.92 Å². The summed E-state index contributed by atoms with van der Waals surface area (Å²) in [7, 11) is 0. The molecule has 6 atom stereocenters. The van der Waals surface area contributed by atoms with Gasteiger partial charge in [-0.2, -0.15) is 0 Å². The van der Waals surface area contributed by atoms with Gasteiger partial charge in [0.1, 0.15) is 18.1 Å². The Balaban J connectivity index is 1.51. The molecule has 0 unspecified atom stereocenters. The van der Waals surface area contributed by atoms with Gasteiger partial charge in [-0.1, -0.05) is 60.5 Å². The molecule has 3 aromatic carbocycles. The lowest BCUT2D eigenvalue weighted by Gasteiger charge is -2.58. The Morgan fingerprint density at radius 1 is 1.04 bits per heavy atom. The van der Waals surface area contributed by atoms with Crippen LogP contribution in [0.5, 0.6) is 11.5 Å². The molecule has 3 aliphatic rings. The van der Waals surface area contributed by atoms with Crippen molar-refractivity contribution in [3.63, 3.8) is 0 Å². The van der Waals surface area contributed by atoms with Crippen LogP contribution in [0.25, 0.3) is 0 Å². The third-order valence-corrected chi connectivity index (χ3v) is 11.7. The number of nitrogens with zero attached hydrogens (tertiary/aromatic N) is 1. The molecule has 3 aromatic rings. The van der Waals surface area contributed by atoms with Crippen LogP contribution in [0.2, 0.25) is 0 Å². The van der Waals surface area contributed by atoms with Crippen molar-refractivity contribution in [2.75, 3.05) is 25.1 Å². The average molecular weight is 727 g/mol. The number of hydrogen-bond donors (Lipinski definition) is 4. The van der Waals surface area contributed by atoms with E-state index >= 15 is 0 Å². The number of unbranched alkanes of at least 4 members (excludes halogenated alkanes) is 2. The number of benzene rings is 3. The number of aromatic hydroxyl groups is 1. The number of fused-ring (bicyclic) bond motifs is 2. The molecule has 0 spiro atoms. The first-order valence-corrected chi connectivity index (χ1v) is 19.2. The lowest BCUT2D eigenvalue weighted by molar-refractivity contribution is -0.223. The lowest BCUT2D eigenvalue weighted by atomic mass is 9.56. The maximum atomic E-state index is 11.7. The van der Waals surface area contributed by atoms with Crippen molar-refractivity contribution in [3.8, 4) is 11.5 Å². The standard InChI is InChI=1S/C42H50N2O7S/c1-3-23-49-42-39(52-33-18-15-31(16-19-33)43-28(2)47)26-37(44-50-27-29-11-5-4-6-12-29)35-24-30(13-7-9-21-45)34(14-8-10-22-46)40(41(35)42)36-25-32(48)17-20-38(36)51-42/h3-6,11-12,15-20,24-25,30,34,39-41,45-46,48H,1,7-10,13-14,21-23,26-27H2,2H3,(H,43,47)/t30-,34+,39-,40+,41+,42+/m0/s1. The van der Waals surface area contributed by atoms with Gasteiger partial charge in [0, 0.05) is 48.6 Å². The third-order valence-electron chi connectivity index (χ3n) is 10.3. The predicted molar refractivity (Wildman–Crippen MR) is 204 cm³/mol. The molecule has 9 nitrogen and oxygen atoms in total. The van der Waals surface area contributed by atoms with Crippen LogP contribution >= 0.6 is 11.8 Å². The molecule has 4 N–H and O–H groups in total. The van der Waals surface area contributed by atoms with Gasteiger partial charge in [-0.3, -0.25) is 4.79 Å². The largest absolute Gasteiger partial charge is 0.508 e. The molecular formula is C42H50N2O7S. The van der Waals surface area contributed by atoms with Gasteiger partial charge in [-0.05, 0) is 91.1 Å². The van der Waals surface area contributed by atoms with Crippen molar-refractivity contribution in [3.05, 3.63) is 108 Å². The Morgan fingerprint density at radius 2 is 1.79 bits per heavy atom. The van der Waals surface area contributed by atoms with E-state index in [-0.39, 0.29) is 60.4 Å². The highest BCUT2D eigenvalue weighted by Gasteiger charge is 2.64. The summed E-state index contributed by atoms with van der Waals surface area (Å²) in [6.45, 7) is 6.33. The molecule has 0 saturated heterocycles. The van der Waals surface area contributed by atoms with Gasteiger partial charge in [-0.25, -0.2) is 0 Å². The predicted octanol–water partition coefficient (Wildman–Crippen LogP) is 7.98. The number of hydrogen-bond acceptors (Lipinski definition) is 9. The molecule has 1 heterocycles. The number of carbonyl (C=O) groups is 1. The molecule has 1 saturated carbocycles. The monoisotopic (exact) mass is 726 g/mol. The minimum atomic E-state index is -1.14. The minimum Gasteiger partial charge on any atom is -0.508 e. The smallest absolute Gasteiger partial charge is 0.231 e. The molecule has 1 fully saturated rings. The number of aliphatic hydroxyl groups excluding tert-OH is 2. The molecule has 52 heavy (non-hydrogen) atoms. The Kier molecular flexibility index (Phi) is 12.8. The molecule has 1 aliphatic heterocycles. The topological polar surface area (TPSA) is 130 Å². The summed E-state index contributed by atoms with van der Waals surface area (Å²) in [4.78, 5) is 18.8. The summed E-state index contributed by atoms with van der Waals surface area (Å²) in [6, 6.07) is 23.1.